The Balaban J connectivity index is 1.39. The minimum absolute atomic E-state index is 0.0180. The van der Waals surface area contributed by atoms with Gasteiger partial charge in [0.1, 0.15) is 0 Å². The van der Waals surface area contributed by atoms with E-state index in [1.165, 1.54) is 18.2 Å². The highest BCUT2D eigenvalue weighted by molar-refractivity contribution is 7.89. The second-order valence-corrected chi connectivity index (χ2v) is 9.50. The van der Waals surface area contributed by atoms with Gasteiger partial charge in [0, 0.05) is 37.5 Å². The van der Waals surface area contributed by atoms with Crippen LogP contribution in [0.2, 0.25) is 0 Å². The fourth-order valence-electron chi connectivity index (χ4n) is 3.37. The summed E-state index contributed by atoms with van der Waals surface area (Å²) in [6.45, 7) is 1.64. The molecule has 184 valence electrons. The van der Waals surface area contributed by atoms with E-state index in [1.807, 2.05) is 6.07 Å². The normalized spacial score (nSPS) is 16.1. The van der Waals surface area contributed by atoms with Gasteiger partial charge in [0.2, 0.25) is 10.0 Å². The first-order valence-corrected chi connectivity index (χ1v) is 12.4. The van der Waals surface area contributed by atoms with Crippen LogP contribution in [0, 0.1) is 10.1 Å². The van der Waals surface area contributed by atoms with E-state index >= 15 is 0 Å². The highest BCUT2D eigenvalue weighted by Crippen LogP contribution is 2.17. The van der Waals surface area contributed by atoms with E-state index < -0.39 is 21.0 Å². The molecule has 1 fully saturated rings. The molecule has 0 saturated carbocycles. The molecule has 0 bridgehead atoms. The molecule has 2 aromatic carbocycles. The van der Waals surface area contributed by atoms with Crippen LogP contribution in [0.15, 0.2) is 53.4 Å². The van der Waals surface area contributed by atoms with Crippen molar-refractivity contribution in [3.8, 4) is 0 Å². The van der Waals surface area contributed by atoms with Crippen LogP contribution in [-0.2, 0) is 26.1 Å². The van der Waals surface area contributed by atoms with Crippen molar-refractivity contribution in [3.63, 3.8) is 0 Å². The third-order valence-corrected chi connectivity index (χ3v) is 6.53. The summed E-state index contributed by atoms with van der Waals surface area (Å²) in [5.74, 6) is 0. The largest absolute Gasteiger partial charge is 0.376 e. The number of hydrogen-bond acceptors (Lipinski definition) is 7. The highest BCUT2D eigenvalue weighted by Gasteiger charge is 2.17. The van der Waals surface area contributed by atoms with Crippen LogP contribution in [0.25, 0.3) is 0 Å². The van der Waals surface area contributed by atoms with Crippen molar-refractivity contribution in [2.24, 2.45) is 0 Å². The van der Waals surface area contributed by atoms with Gasteiger partial charge in [-0.3, -0.25) is 10.1 Å². The molecular weight excluding hydrogens is 464 g/mol. The van der Waals surface area contributed by atoms with E-state index in [9.17, 15) is 23.3 Å². The zero-order valence-corrected chi connectivity index (χ0v) is 19.4. The van der Waals surface area contributed by atoms with Crippen molar-refractivity contribution in [1.82, 2.24) is 10.0 Å². The molecule has 1 atom stereocenters. The average molecular weight is 493 g/mol. The number of hydrogen-bond donors (Lipinski definition) is 3. The first-order valence-electron chi connectivity index (χ1n) is 10.9. The number of nitro benzene ring substituents is 1. The molecule has 1 aliphatic rings. The summed E-state index contributed by atoms with van der Waals surface area (Å²) in [6.07, 6.45) is 3.38. The summed E-state index contributed by atoms with van der Waals surface area (Å²) in [5, 5.41) is 16.1. The van der Waals surface area contributed by atoms with Crippen LogP contribution in [0.1, 0.15) is 24.8 Å². The number of benzene rings is 2. The predicted octanol–water partition coefficient (Wildman–Crippen LogP) is 2.78. The fraction of sp³-hybridized carbons (Fsp3) is 0.409. The Bertz CT molecular complexity index is 1090. The van der Waals surface area contributed by atoms with Crippen LogP contribution in [0.4, 0.5) is 16.2 Å². The Hall–Kier alpha value is -3.06. The van der Waals surface area contributed by atoms with Crippen molar-refractivity contribution >= 4 is 27.4 Å². The second-order valence-electron chi connectivity index (χ2n) is 7.74. The third kappa shape index (κ3) is 8.06. The van der Waals surface area contributed by atoms with Crippen LogP contribution < -0.4 is 15.4 Å². The number of carbonyl (C=O) groups is 1. The molecule has 34 heavy (non-hydrogen) atoms. The maximum Gasteiger partial charge on any atom is 0.319 e. The maximum atomic E-state index is 12.3. The van der Waals surface area contributed by atoms with E-state index in [2.05, 4.69) is 15.4 Å². The molecule has 12 heteroatoms. The molecule has 1 heterocycles. The first kappa shape index (κ1) is 25.6. The van der Waals surface area contributed by atoms with Crippen molar-refractivity contribution < 1.29 is 27.6 Å². The lowest BCUT2D eigenvalue weighted by Crippen LogP contribution is -2.36. The number of sulfonamides is 1. The Morgan fingerprint density at radius 2 is 1.97 bits per heavy atom. The van der Waals surface area contributed by atoms with Gasteiger partial charge in [-0.1, -0.05) is 18.2 Å². The van der Waals surface area contributed by atoms with Gasteiger partial charge in [-0.2, -0.15) is 0 Å². The van der Waals surface area contributed by atoms with Gasteiger partial charge in [-0.25, -0.2) is 17.9 Å². The van der Waals surface area contributed by atoms with E-state index in [0.29, 0.717) is 18.9 Å². The van der Waals surface area contributed by atoms with Crippen molar-refractivity contribution in [1.29, 1.82) is 0 Å². The fourth-order valence-corrected chi connectivity index (χ4v) is 4.44. The van der Waals surface area contributed by atoms with Gasteiger partial charge < -0.3 is 20.1 Å². The third-order valence-electron chi connectivity index (χ3n) is 5.07. The molecule has 0 radical (unpaired) electrons. The topological polar surface area (TPSA) is 149 Å². The van der Waals surface area contributed by atoms with Crippen LogP contribution >= 0.6 is 0 Å². The lowest BCUT2D eigenvalue weighted by molar-refractivity contribution is -0.385. The lowest BCUT2D eigenvalue weighted by atomic mass is 10.1. The number of nitrogens with zero attached hydrogens (tertiary/aromatic N) is 1. The quantitative estimate of drug-likeness (QED) is 0.248. The minimum Gasteiger partial charge on any atom is -0.376 e. The maximum absolute atomic E-state index is 12.3. The molecule has 3 N–H and O–H groups in total. The monoisotopic (exact) mass is 492 g/mol. The van der Waals surface area contributed by atoms with Gasteiger partial charge in [0.25, 0.3) is 5.69 Å². The number of nitrogens with one attached hydrogen (secondary N) is 3. The van der Waals surface area contributed by atoms with E-state index in [0.717, 1.165) is 37.5 Å². The molecule has 0 spiro atoms. The van der Waals surface area contributed by atoms with Crippen LogP contribution in [-0.4, -0.2) is 51.8 Å². The van der Waals surface area contributed by atoms with Crippen LogP contribution in [0.5, 0.6) is 0 Å². The van der Waals surface area contributed by atoms with Crippen molar-refractivity contribution in [2.75, 3.05) is 31.6 Å². The minimum atomic E-state index is -3.94. The number of non-ortho nitro benzene ring substituents is 1. The molecule has 2 amide bonds. The van der Waals surface area contributed by atoms with E-state index in [1.54, 1.807) is 18.2 Å². The van der Waals surface area contributed by atoms with Crippen molar-refractivity contribution in [2.45, 2.75) is 36.9 Å². The van der Waals surface area contributed by atoms with Crippen LogP contribution in [0.3, 0.4) is 0 Å². The first-order chi connectivity index (χ1) is 16.3. The molecular formula is C22H28N4O7S. The molecule has 2 aromatic rings. The number of carbonyl (C=O) groups excluding carboxylic acids is 1. The number of nitro groups is 1. The average Bonchev–Trinajstić information content (AvgIpc) is 2.83. The van der Waals surface area contributed by atoms with Gasteiger partial charge in [-0.15, -0.1) is 0 Å². The summed E-state index contributed by atoms with van der Waals surface area (Å²) in [6, 6.07) is 11.5. The lowest BCUT2D eigenvalue weighted by Gasteiger charge is -2.22. The summed E-state index contributed by atoms with van der Waals surface area (Å²) in [4.78, 5) is 22.1. The number of amides is 2. The Labute approximate surface area is 198 Å². The smallest absolute Gasteiger partial charge is 0.319 e. The number of rotatable bonds is 11. The Kier molecular flexibility index (Phi) is 9.33. The number of anilines is 1. The zero-order chi connectivity index (χ0) is 24.4. The predicted molar refractivity (Wildman–Crippen MR) is 125 cm³/mol. The molecule has 3 rings (SSSR count). The summed E-state index contributed by atoms with van der Waals surface area (Å²) < 4.78 is 38.2. The summed E-state index contributed by atoms with van der Waals surface area (Å²) in [7, 11) is -3.94. The number of urea groups is 1. The van der Waals surface area contributed by atoms with Gasteiger partial charge >= 0.3 is 6.03 Å². The highest BCUT2D eigenvalue weighted by atomic mass is 32.2. The molecule has 0 aliphatic carbocycles. The summed E-state index contributed by atoms with van der Waals surface area (Å²) >= 11 is 0. The van der Waals surface area contributed by atoms with Gasteiger partial charge in [0.15, 0.2) is 0 Å². The zero-order valence-electron chi connectivity index (χ0n) is 18.6. The van der Waals surface area contributed by atoms with Gasteiger partial charge in [0.05, 0.1) is 29.1 Å². The van der Waals surface area contributed by atoms with E-state index in [4.69, 9.17) is 9.47 Å². The molecule has 0 aromatic heterocycles. The van der Waals surface area contributed by atoms with E-state index in [-0.39, 0.29) is 29.8 Å². The second kappa shape index (κ2) is 12.4. The Morgan fingerprint density at radius 3 is 2.74 bits per heavy atom. The SMILES string of the molecule is O=C(NCCNS(=O)(=O)c1cccc([N+](=O)[O-])c1)Nc1cccc(COCC2CCCCO2)c1. The molecule has 1 aliphatic heterocycles. The van der Waals surface area contributed by atoms with Crippen molar-refractivity contribution in [3.05, 3.63) is 64.2 Å². The Morgan fingerprint density at radius 1 is 1.15 bits per heavy atom. The number of ether oxygens (including phenoxy) is 2. The summed E-state index contributed by atoms with van der Waals surface area (Å²) in [5.41, 5.74) is 1.15. The molecule has 11 nitrogen and oxygen atoms in total. The standard InChI is InChI=1S/C22H28N4O7S/c27-22(23-10-11-24-34(30,31)21-9-4-7-19(14-21)26(28)29)25-18-6-3-5-17(13-18)15-32-16-20-8-1-2-12-33-20/h3-7,9,13-14,20,24H,1-2,8,10-12,15-16H2,(H2,23,25,27). The molecule has 1 unspecified atom stereocenters. The molecule has 1 saturated heterocycles. The van der Waals surface area contributed by atoms with Gasteiger partial charge in [-0.05, 0) is 43.0 Å².